The van der Waals surface area contributed by atoms with Gasteiger partial charge < -0.3 is 20.5 Å². The van der Waals surface area contributed by atoms with Crippen molar-refractivity contribution in [1.82, 2.24) is 5.32 Å². The molecule has 1 amide bonds. The zero-order chi connectivity index (χ0) is 14.3. The van der Waals surface area contributed by atoms with Crippen LogP contribution in [-0.2, 0) is 14.3 Å². The van der Waals surface area contributed by atoms with Crippen molar-refractivity contribution in [3.8, 4) is 0 Å². The van der Waals surface area contributed by atoms with Crippen LogP contribution in [0.3, 0.4) is 0 Å². The van der Waals surface area contributed by atoms with E-state index in [4.69, 9.17) is 15.2 Å². The minimum Gasteiger partial charge on any atom is -0.382 e. The molecule has 0 aromatic carbocycles. The highest BCUT2D eigenvalue weighted by Gasteiger charge is 2.37. The first-order valence-corrected chi connectivity index (χ1v) is 7.13. The van der Waals surface area contributed by atoms with Crippen LogP contribution in [0.25, 0.3) is 0 Å². The molecule has 3 N–H and O–H groups in total. The van der Waals surface area contributed by atoms with Gasteiger partial charge in [-0.15, -0.1) is 0 Å². The van der Waals surface area contributed by atoms with E-state index in [1.807, 2.05) is 13.8 Å². The fraction of sp³-hybridized carbons (Fsp3) is 0.929. The number of rotatable bonds is 7. The van der Waals surface area contributed by atoms with Gasteiger partial charge in [-0.3, -0.25) is 4.79 Å². The molecule has 0 spiro atoms. The van der Waals surface area contributed by atoms with Crippen molar-refractivity contribution in [3.05, 3.63) is 0 Å². The molecule has 19 heavy (non-hydrogen) atoms. The van der Waals surface area contributed by atoms with Crippen molar-refractivity contribution in [2.45, 2.75) is 51.1 Å². The lowest BCUT2D eigenvalue weighted by molar-refractivity contribution is -0.129. The molecule has 1 fully saturated rings. The summed E-state index contributed by atoms with van der Waals surface area (Å²) < 4.78 is 10.3. The number of methoxy groups -OCH3 is 1. The molecule has 1 aliphatic rings. The molecule has 5 nitrogen and oxygen atoms in total. The maximum Gasteiger partial charge on any atom is 0.225 e. The molecule has 0 radical (unpaired) electrons. The van der Waals surface area contributed by atoms with Gasteiger partial charge in [0.15, 0.2) is 0 Å². The van der Waals surface area contributed by atoms with E-state index in [2.05, 4.69) is 5.32 Å². The second-order valence-corrected chi connectivity index (χ2v) is 5.78. The molecule has 0 bridgehead atoms. The van der Waals surface area contributed by atoms with Gasteiger partial charge in [0.05, 0.1) is 25.7 Å². The van der Waals surface area contributed by atoms with Crippen LogP contribution >= 0.6 is 0 Å². The molecule has 3 atom stereocenters. The van der Waals surface area contributed by atoms with Crippen molar-refractivity contribution < 1.29 is 14.3 Å². The van der Waals surface area contributed by atoms with Crippen molar-refractivity contribution in [2.24, 2.45) is 11.7 Å². The number of nitrogens with two attached hydrogens (primary N) is 1. The number of hydrogen-bond acceptors (Lipinski definition) is 4. The van der Waals surface area contributed by atoms with Gasteiger partial charge in [0, 0.05) is 18.7 Å². The first kappa shape index (κ1) is 16.4. The molecular weight excluding hydrogens is 244 g/mol. The predicted octanol–water partition coefficient (Wildman–Crippen LogP) is 1.06. The van der Waals surface area contributed by atoms with Gasteiger partial charge in [-0.25, -0.2) is 0 Å². The fourth-order valence-electron chi connectivity index (χ4n) is 2.58. The standard InChI is InChI=1S/C14H28N2O3/c1-11(10-19-9-8-18-3)16-13(17)12-6-4-5-7-14(12,2)15/h11-12H,4-10,15H2,1-3H3,(H,16,17). The van der Waals surface area contributed by atoms with Gasteiger partial charge in [0.1, 0.15) is 0 Å². The highest BCUT2D eigenvalue weighted by atomic mass is 16.5. The fourth-order valence-corrected chi connectivity index (χ4v) is 2.58. The lowest BCUT2D eigenvalue weighted by Crippen LogP contribution is -2.54. The third-order valence-electron chi connectivity index (χ3n) is 3.76. The van der Waals surface area contributed by atoms with Gasteiger partial charge in [0.25, 0.3) is 0 Å². The number of amides is 1. The summed E-state index contributed by atoms with van der Waals surface area (Å²) in [7, 11) is 1.64. The Balaban J connectivity index is 2.32. The zero-order valence-electron chi connectivity index (χ0n) is 12.4. The van der Waals surface area contributed by atoms with E-state index in [0.717, 1.165) is 25.7 Å². The first-order chi connectivity index (χ1) is 8.97. The highest BCUT2D eigenvalue weighted by molar-refractivity contribution is 5.80. The van der Waals surface area contributed by atoms with E-state index in [-0.39, 0.29) is 23.4 Å². The van der Waals surface area contributed by atoms with E-state index in [9.17, 15) is 4.79 Å². The average molecular weight is 272 g/mol. The van der Waals surface area contributed by atoms with Crippen LogP contribution in [0.1, 0.15) is 39.5 Å². The van der Waals surface area contributed by atoms with Crippen LogP contribution in [0.2, 0.25) is 0 Å². The Morgan fingerprint density at radius 3 is 2.84 bits per heavy atom. The molecule has 3 unspecified atom stereocenters. The second-order valence-electron chi connectivity index (χ2n) is 5.78. The minimum atomic E-state index is -0.376. The monoisotopic (exact) mass is 272 g/mol. The number of ether oxygens (including phenoxy) is 2. The molecule has 1 saturated carbocycles. The van der Waals surface area contributed by atoms with Crippen LogP contribution in [0.5, 0.6) is 0 Å². The van der Waals surface area contributed by atoms with Crippen LogP contribution < -0.4 is 11.1 Å². The highest BCUT2D eigenvalue weighted by Crippen LogP contribution is 2.31. The van der Waals surface area contributed by atoms with E-state index >= 15 is 0 Å². The summed E-state index contributed by atoms with van der Waals surface area (Å²) in [6.07, 6.45) is 4.01. The Morgan fingerprint density at radius 1 is 1.47 bits per heavy atom. The first-order valence-electron chi connectivity index (χ1n) is 7.13. The van der Waals surface area contributed by atoms with Crippen molar-refractivity contribution in [1.29, 1.82) is 0 Å². The van der Waals surface area contributed by atoms with Crippen molar-refractivity contribution >= 4 is 5.91 Å². The Morgan fingerprint density at radius 2 is 2.21 bits per heavy atom. The molecular formula is C14H28N2O3. The Hall–Kier alpha value is -0.650. The lowest BCUT2D eigenvalue weighted by Gasteiger charge is -2.37. The molecule has 1 rings (SSSR count). The molecule has 0 aliphatic heterocycles. The number of carbonyl (C=O) groups excluding carboxylic acids is 1. The molecule has 112 valence electrons. The van der Waals surface area contributed by atoms with E-state index in [1.54, 1.807) is 7.11 Å². The van der Waals surface area contributed by atoms with Crippen LogP contribution in [0.4, 0.5) is 0 Å². The SMILES string of the molecule is COCCOCC(C)NC(=O)C1CCCCC1(C)N. The summed E-state index contributed by atoms with van der Waals surface area (Å²) in [5.41, 5.74) is 5.85. The molecule has 5 heteroatoms. The maximum atomic E-state index is 12.2. The van der Waals surface area contributed by atoms with Gasteiger partial charge in [0.2, 0.25) is 5.91 Å². The number of hydrogen-bond donors (Lipinski definition) is 2. The average Bonchev–Trinajstić information content (AvgIpc) is 2.34. The largest absolute Gasteiger partial charge is 0.382 e. The summed E-state index contributed by atoms with van der Waals surface area (Å²) >= 11 is 0. The smallest absolute Gasteiger partial charge is 0.225 e. The summed E-state index contributed by atoms with van der Waals surface area (Å²) in [4.78, 5) is 12.2. The lowest BCUT2D eigenvalue weighted by atomic mass is 9.74. The predicted molar refractivity (Wildman–Crippen MR) is 74.9 cm³/mol. The summed E-state index contributed by atoms with van der Waals surface area (Å²) in [6, 6.07) is 0.00193. The normalized spacial score (nSPS) is 28.9. The molecule has 0 aromatic rings. The van der Waals surface area contributed by atoms with Crippen molar-refractivity contribution in [3.63, 3.8) is 0 Å². The minimum absolute atomic E-state index is 0.00193. The summed E-state index contributed by atoms with van der Waals surface area (Å²) in [5.74, 6) is -0.0183. The zero-order valence-corrected chi connectivity index (χ0v) is 12.4. The second kappa shape index (κ2) is 7.82. The Kier molecular flexibility index (Phi) is 6.75. The van der Waals surface area contributed by atoms with E-state index in [1.165, 1.54) is 0 Å². The number of carbonyl (C=O) groups is 1. The Bertz CT molecular complexity index is 282. The molecule has 0 saturated heterocycles. The van der Waals surface area contributed by atoms with Gasteiger partial charge in [-0.1, -0.05) is 12.8 Å². The van der Waals surface area contributed by atoms with Crippen LogP contribution in [0, 0.1) is 5.92 Å². The van der Waals surface area contributed by atoms with Crippen LogP contribution in [-0.4, -0.2) is 44.4 Å². The Labute approximate surface area is 116 Å². The molecule has 0 aromatic heterocycles. The third-order valence-corrected chi connectivity index (χ3v) is 3.76. The van der Waals surface area contributed by atoms with Crippen molar-refractivity contribution in [2.75, 3.05) is 26.9 Å². The van der Waals surface area contributed by atoms with Crippen LogP contribution in [0.15, 0.2) is 0 Å². The van der Waals surface area contributed by atoms with E-state index < -0.39 is 0 Å². The summed E-state index contributed by atoms with van der Waals surface area (Å²) in [6.45, 7) is 5.56. The van der Waals surface area contributed by atoms with E-state index in [0.29, 0.717) is 19.8 Å². The third kappa shape index (κ3) is 5.47. The topological polar surface area (TPSA) is 73.6 Å². The number of nitrogens with one attached hydrogen (secondary N) is 1. The molecule has 1 aliphatic carbocycles. The summed E-state index contributed by atoms with van der Waals surface area (Å²) in [5, 5.41) is 3.00. The molecule has 0 heterocycles. The maximum absolute atomic E-state index is 12.2. The quantitative estimate of drug-likeness (QED) is 0.680. The van der Waals surface area contributed by atoms with Gasteiger partial charge >= 0.3 is 0 Å². The van der Waals surface area contributed by atoms with Gasteiger partial charge in [-0.2, -0.15) is 0 Å². The van der Waals surface area contributed by atoms with Gasteiger partial charge in [-0.05, 0) is 26.7 Å².